The van der Waals surface area contributed by atoms with E-state index in [0.717, 1.165) is 0 Å². The molecule has 0 saturated carbocycles. The summed E-state index contributed by atoms with van der Waals surface area (Å²) < 4.78 is 15.9. The Hall–Kier alpha value is -2.89. The Morgan fingerprint density at radius 1 is 1.19 bits per heavy atom. The van der Waals surface area contributed by atoms with Crippen LogP contribution in [0.5, 0.6) is 0 Å². The fourth-order valence-corrected chi connectivity index (χ4v) is 2.30. The summed E-state index contributed by atoms with van der Waals surface area (Å²) in [7, 11) is 0. The zero-order valence-corrected chi connectivity index (χ0v) is 10.9. The van der Waals surface area contributed by atoms with E-state index in [1.807, 2.05) is 0 Å². The van der Waals surface area contributed by atoms with Gasteiger partial charge in [-0.3, -0.25) is 14.1 Å². The number of benzene rings is 1. The van der Waals surface area contributed by atoms with E-state index in [4.69, 9.17) is 5.11 Å². The third-order valence-corrected chi connectivity index (χ3v) is 3.28. The van der Waals surface area contributed by atoms with Crippen molar-refractivity contribution in [1.82, 2.24) is 9.20 Å². The van der Waals surface area contributed by atoms with E-state index in [1.54, 1.807) is 30.5 Å². The van der Waals surface area contributed by atoms with Gasteiger partial charge in [-0.1, -0.05) is 12.1 Å². The molecule has 1 aromatic carbocycles. The van der Waals surface area contributed by atoms with E-state index in [0.29, 0.717) is 11.8 Å². The van der Waals surface area contributed by atoms with Gasteiger partial charge in [-0.2, -0.15) is 0 Å². The van der Waals surface area contributed by atoms with Crippen molar-refractivity contribution in [3.63, 3.8) is 0 Å². The van der Waals surface area contributed by atoms with Gasteiger partial charge in [0.15, 0.2) is 0 Å². The molecule has 3 aromatic rings. The number of aromatic nitrogens is 2. The first-order chi connectivity index (χ1) is 10.1. The lowest BCUT2D eigenvalue weighted by Gasteiger charge is -2.09. The van der Waals surface area contributed by atoms with Gasteiger partial charge in [0.25, 0.3) is 5.56 Å². The number of nitrogens with zero attached hydrogens (tertiary/aromatic N) is 2. The van der Waals surface area contributed by atoms with E-state index in [-0.39, 0.29) is 17.3 Å². The van der Waals surface area contributed by atoms with Crippen molar-refractivity contribution in [2.24, 2.45) is 0 Å². The molecule has 2 heterocycles. The average molecular weight is 286 g/mol. The van der Waals surface area contributed by atoms with Gasteiger partial charge < -0.3 is 5.11 Å². The molecule has 0 radical (unpaired) electrons. The first kappa shape index (κ1) is 13.1. The van der Waals surface area contributed by atoms with E-state index in [2.05, 4.69) is 0 Å². The summed E-state index contributed by atoms with van der Waals surface area (Å²) in [6.07, 6.45) is 2.08. The number of hydrogen-bond acceptors (Lipinski definition) is 3. The van der Waals surface area contributed by atoms with Gasteiger partial charge in [0, 0.05) is 6.20 Å². The summed E-state index contributed by atoms with van der Waals surface area (Å²) in [4.78, 5) is 24.3. The van der Waals surface area contributed by atoms with Crippen molar-refractivity contribution in [1.29, 1.82) is 0 Å². The molecule has 106 valence electrons. The minimum atomic E-state index is -0.629. The maximum Gasteiger partial charge on any atom is 0.280 e. The van der Waals surface area contributed by atoms with E-state index in [9.17, 15) is 14.0 Å². The van der Waals surface area contributed by atoms with Crippen LogP contribution in [0, 0.1) is 5.82 Å². The highest BCUT2D eigenvalue weighted by Crippen LogP contribution is 2.05. The second kappa shape index (κ2) is 4.90. The number of rotatable bonds is 2. The summed E-state index contributed by atoms with van der Waals surface area (Å²) in [5.74, 6) is -0.404. The Labute approximate surface area is 117 Å². The van der Waals surface area contributed by atoms with Crippen LogP contribution in [0.25, 0.3) is 11.8 Å². The highest BCUT2D eigenvalue weighted by Gasteiger charge is 2.10. The molecule has 0 fully saturated rings. The van der Waals surface area contributed by atoms with Crippen molar-refractivity contribution in [3.8, 4) is 0 Å². The Balaban J connectivity index is 2.30. The predicted octanol–water partition coefficient (Wildman–Crippen LogP) is 0.663. The molecule has 6 heteroatoms. The summed E-state index contributed by atoms with van der Waals surface area (Å²) in [6.45, 7) is 0.0862. The Morgan fingerprint density at radius 2 is 2.00 bits per heavy atom. The minimum Gasteiger partial charge on any atom is -0.515 e. The van der Waals surface area contributed by atoms with Crippen LogP contribution in [0.1, 0.15) is 5.56 Å². The van der Waals surface area contributed by atoms with Crippen LogP contribution in [0.2, 0.25) is 0 Å². The van der Waals surface area contributed by atoms with Crippen LogP contribution in [-0.4, -0.2) is 14.3 Å². The topological polar surface area (TPSA) is 63.7 Å². The monoisotopic (exact) mass is 286 g/mol. The first-order valence-electron chi connectivity index (χ1n) is 6.25. The van der Waals surface area contributed by atoms with E-state index in [1.165, 1.54) is 21.3 Å². The predicted molar refractivity (Wildman–Crippen MR) is 75.7 cm³/mol. The van der Waals surface area contributed by atoms with Crippen molar-refractivity contribution < 1.29 is 9.50 Å². The van der Waals surface area contributed by atoms with Crippen LogP contribution in [0.15, 0.2) is 52.2 Å². The summed E-state index contributed by atoms with van der Waals surface area (Å²) >= 11 is 0. The van der Waals surface area contributed by atoms with Crippen LogP contribution in [0.3, 0.4) is 0 Å². The lowest BCUT2D eigenvalue weighted by atomic mass is 10.2. The van der Waals surface area contributed by atoms with Crippen LogP contribution >= 0.6 is 0 Å². The summed E-state index contributed by atoms with van der Waals surface area (Å²) in [5, 5.41) is 8.82. The second-order valence-electron chi connectivity index (χ2n) is 4.60. The highest BCUT2D eigenvalue weighted by atomic mass is 19.1. The summed E-state index contributed by atoms with van der Waals surface area (Å²) in [5.41, 5.74) is -0.320. The second-order valence-corrected chi connectivity index (χ2v) is 4.60. The van der Waals surface area contributed by atoms with Crippen molar-refractivity contribution in [3.05, 3.63) is 79.8 Å². The molecule has 0 spiro atoms. The molecule has 0 aliphatic rings. The smallest absolute Gasteiger partial charge is 0.280 e. The van der Waals surface area contributed by atoms with Crippen LogP contribution < -0.4 is 16.2 Å². The lowest BCUT2D eigenvalue weighted by molar-refractivity contribution is 0.533. The van der Waals surface area contributed by atoms with Gasteiger partial charge in [-0.25, -0.2) is 9.07 Å². The average Bonchev–Trinajstić information content (AvgIpc) is 2.94. The normalized spacial score (nSPS) is 12.1. The molecule has 2 aromatic heterocycles. The zero-order chi connectivity index (χ0) is 15.0. The van der Waals surface area contributed by atoms with Gasteiger partial charge in [-0.15, -0.1) is 0 Å². The maximum atomic E-state index is 13.2. The fourth-order valence-electron chi connectivity index (χ4n) is 2.30. The van der Waals surface area contributed by atoms with Crippen LogP contribution in [-0.2, 0) is 6.54 Å². The molecule has 3 rings (SSSR count). The number of aliphatic hydroxyl groups excluding tert-OH is 1. The summed E-state index contributed by atoms with van der Waals surface area (Å²) in [6, 6.07) is 9.03. The van der Waals surface area contributed by atoms with Gasteiger partial charge in [0.2, 0.25) is 5.43 Å². The maximum absolute atomic E-state index is 13.2. The molecule has 5 nitrogen and oxygen atoms in total. The minimum absolute atomic E-state index is 0.0862. The standard InChI is InChI=1S/C15H11FN2O3/c16-11-4-1-3-10(7-11)8-18-15(21)12(9-19)14(20)13-5-2-6-17(13)18/h1-7,9,19H,8H2. The third kappa shape index (κ3) is 2.10. The lowest BCUT2D eigenvalue weighted by Crippen LogP contribution is -2.47. The molecular formula is C15H11FN2O3. The fraction of sp³-hybridized carbons (Fsp3) is 0.0667. The van der Waals surface area contributed by atoms with Gasteiger partial charge in [0.1, 0.15) is 16.6 Å². The zero-order valence-electron chi connectivity index (χ0n) is 10.9. The van der Waals surface area contributed by atoms with E-state index < -0.39 is 16.8 Å². The highest BCUT2D eigenvalue weighted by molar-refractivity contribution is 5.46. The number of halogens is 1. The van der Waals surface area contributed by atoms with Gasteiger partial charge >= 0.3 is 0 Å². The van der Waals surface area contributed by atoms with E-state index >= 15 is 0 Å². The van der Waals surface area contributed by atoms with Gasteiger partial charge in [-0.05, 0) is 29.8 Å². The SMILES string of the molecule is O=c1c(=CO)c(=O)n(Cc2cccc(F)c2)n2cccc12. The van der Waals surface area contributed by atoms with Gasteiger partial charge in [0.05, 0.1) is 12.8 Å². The number of aliphatic hydroxyl groups is 1. The molecule has 1 N–H and O–H groups in total. The van der Waals surface area contributed by atoms with Crippen molar-refractivity contribution in [2.45, 2.75) is 6.54 Å². The number of fused-ring (bicyclic) bond motifs is 1. The third-order valence-electron chi connectivity index (χ3n) is 3.28. The quantitative estimate of drug-likeness (QED) is 0.753. The molecular weight excluding hydrogens is 275 g/mol. The molecule has 0 aliphatic heterocycles. The molecule has 0 bridgehead atoms. The Morgan fingerprint density at radius 3 is 2.71 bits per heavy atom. The molecule has 0 saturated heterocycles. The van der Waals surface area contributed by atoms with Crippen molar-refractivity contribution >= 4 is 11.8 Å². The van der Waals surface area contributed by atoms with Crippen LogP contribution in [0.4, 0.5) is 4.39 Å². The van der Waals surface area contributed by atoms with Crippen molar-refractivity contribution in [2.75, 3.05) is 0 Å². The Kier molecular flexibility index (Phi) is 3.06. The number of hydrogen-bond donors (Lipinski definition) is 1. The first-order valence-corrected chi connectivity index (χ1v) is 6.25. The molecule has 0 atom stereocenters. The molecule has 21 heavy (non-hydrogen) atoms. The Bertz CT molecular complexity index is 988. The molecule has 0 aliphatic carbocycles. The largest absolute Gasteiger partial charge is 0.515 e. The molecule has 0 unspecified atom stereocenters. The molecule has 0 amide bonds.